The lowest BCUT2D eigenvalue weighted by atomic mass is 10.1. The van der Waals surface area contributed by atoms with Gasteiger partial charge in [0.15, 0.2) is 6.10 Å². The van der Waals surface area contributed by atoms with Crippen LogP contribution < -0.4 is 14.8 Å². The van der Waals surface area contributed by atoms with Crippen LogP contribution in [0.25, 0.3) is 10.6 Å². The van der Waals surface area contributed by atoms with Crippen LogP contribution in [0.3, 0.4) is 0 Å². The number of nitrogens with one attached hydrogen (secondary N) is 1. The predicted molar refractivity (Wildman–Crippen MR) is 112 cm³/mol. The number of nitrogens with zero attached hydrogens (tertiary/aromatic N) is 1. The Labute approximate surface area is 169 Å². The summed E-state index contributed by atoms with van der Waals surface area (Å²) in [6.45, 7) is 6.21. The highest BCUT2D eigenvalue weighted by molar-refractivity contribution is 7.15. The smallest absolute Gasteiger partial charge is 0.261 e. The zero-order valence-electron chi connectivity index (χ0n) is 16.5. The summed E-state index contributed by atoms with van der Waals surface area (Å²) < 4.78 is 10.8. The van der Waals surface area contributed by atoms with Gasteiger partial charge >= 0.3 is 0 Å². The van der Waals surface area contributed by atoms with E-state index in [1.807, 2.05) is 19.1 Å². The first kappa shape index (κ1) is 19.9. The maximum atomic E-state index is 12.4. The van der Waals surface area contributed by atoms with Crippen molar-refractivity contribution in [3.8, 4) is 22.1 Å². The van der Waals surface area contributed by atoms with Crippen LogP contribution in [-0.2, 0) is 11.3 Å². The molecule has 28 heavy (non-hydrogen) atoms. The van der Waals surface area contributed by atoms with Crippen LogP contribution in [0.15, 0.2) is 48.5 Å². The van der Waals surface area contributed by atoms with Crippen LogP contribution in [0.4, 0.5) is 0 Å². The van der Waals surface area contributed by atoms with Gasteiger partial charge in [-0.25, -0.2) is 4.98 Å². The van der Waals surface area contributed by atoms with E-state index in [4.69, 9.17) is 9.47 Å². The number of carbonyl (C=O) groups excluding carboxylic acids is 1. The molecule has 1 aromatic heterocycles. The maximum Gasteiger partial charge on any atom is 0.261 e. The number of aromatic nitrogens is 1. The first-order valence-corrected chi connectivity index (χ1v) is 9.90. The van der Waals surface area contributed by atoms with Crippen molar-refractivity contribution in [3.63, 3.8) is 0 Å². The molecule has 1 atom stereocenters. The molecule has 1 heterocycles. The van der Waals surface area contributed by atoms with E-state index < -0.39 is 6.10 Å². The molecule has 146 valence electrons. The third-order valence-electron chi connectivity index (χ3n) is 4.43. The molecule has 0 saturated carbocycles. The fourth-order valence-corrected chi connectivity index (χ4v) is 3.84. The largest absolute Gasteiger partial charge is 0.497 e. The number of hydrogen-bond acceptors (Lipinski definition) is 5. The molecule has 2 aromatic carbocycles. The van der Waals surface area contributed by atoms with Gasteiger partial charge in [0, 0.05) is 10.4 Å². The Morgan fingerprint density at radius 2 is 1.79 bits per heavy atom. The van der Waals surface area contributed by atoms with Crippen molar-refractivity contribution in [1.82, 2.24) is 10.3 Å². The van der Waals surface area contributed by atoms with Crippen LogP contribution in [0, 0.1) is 13.8 Å². The van der Waals surface area contributed by atoms with Gasteiger partial charge in [-0.3, -0.25) is 4.79 Å². The third-order valence-corrected chi connectivity index (χ3v) is 5.62. The molecule has 1 unspecified atom stereocenters. The normalized spacial score (nSPS) is 11.7. The van der Waals surface area contributed by atoms with Gasteiger partial charge in [-0.2, -0.15) is 0 Å². The number of aryl methyl sites for hydroxylation is 2. The molecule has 3 aromatic rings. The minimum atomic E-state index is -0.600. The third kappa shape index (κ3) is 4.70. The zero-order chi connectivity index (χ0) is 20.1. The van der Waals surface area contributed by atoms with E-state index in [0.29, 0.717) is 12.3 Å². The van der Waals surface area contributed by atoms with Gasteiger partial charge in [0.2, 0.25) is 0 Å². The van der Waals surface area contributed by atoms with E-state index in [-0.39, 0.29) is 5.91 Å². The summed E-state index contributed by atoms with van der Waals surface area (Å²) in [5.74, 6) is 1.20. The molecule has 0 saturated heterocycles. The molecule has 1 amide bonds. The molecule has 5 nitrogen and oxygen atoms in total. The number of amides is 1. The summed E-state index contributed by atoms with van der Waals surface area (Å²) >= 11 is 1.61. The molecular weight excluding hydrogens is 372 g/mol. The molecule has 6 heteroatoms. The van der Waals surface area contributed by atoms with E-state index >= 15 is 0 Å². The van der Waals surface area contributed by atoms with Crippen LogP contribution >= 0.6 is 11.3 Å². The number of thiazole rings is 1. The summed E-state index contributed by atoms with van der Waals surface area (Å²) in [6.07, 6.45) is -0.600. The standard InChI is InChI=1S/C22H24N2O3S/c1-14-7-5-6-8-19(14)22-24-15(2)20(28-22)13-23-21(25)16(3)27-18-11-9-17(26-4)10-12-18/h5-12,16H,13H2,1-4H3,(H,23,25). The number of ether oxygens (including phenoxy) is 2. The summed E-state index contributed by atoms with van der Waals surface area (Å²) in [4.78, 5) is 18.1. The molecule has 0 spiro atoms. The number of benzene rings is 2. The van der Waals surface area contributed by atoms with Crippen LogP contribution in [-0.4, -0.2) is 24.1 Å². The summed E-state index contributed by atoms with van der Waals surface area (Å²) in [5.41, 5.74) is 3.25. The minimum absolute atomic E-state index is 0.166. The monoisotopic (exact) mass is 396 g/mol. The number of hydrogen-bond donors (Lipinski definition) is 1. The van der Waals surface area contributed by atoms with Crippen molar-refractivity contribution in [2.75, 3.05) is 7.11 Å². The molecule has 3 rings (SSSR count). The van der Waals surface area contributed by atoms with Crippen molar-refractivity contribution < 1.29 is 14.3 Å². The van der Waals surface area contributed by atoms with Gasteiger partial charge in [0.1, 0.15) is 16.5 Å². The Kier molecular flexibility index (Phi) is 6.31. The fraction of sp³-hybridized carbons (Fsp3) is 0.273. The van der Waals surface area contributed by atoms with Gasteiger partial charge in [-0.05, 0) is 50.6 Å². The van der Waals surface area contributed by atoms with E-state index in [2.05, 4.69) is 29.4 Å². The first-order valence-electron chi connectivity index (χ1n) is 9.08. The van der Waals surface area contributed by atoms with Gasteiger partial charge in [-0.1, -0.05) is 24.3 Å². The van der Waals surface area contributed by atoms with Gasteiger partial charge in [-0.15, -0.1) is 11.3 Å². The van der Waals surface area contributed by atoms with E-state index in [1.165, 1.54) is 5.56 Å². The van der Waals surface area contributed by atoms with Crippen molar-refractivity contribution in [2.24, 2.45) is 0 Å². The Balaban J connectivity index is 1.60. The van der Waals surface area contributed by atoms with Gasteiger partial charge in [0.25, 0.3) is 5.91 Å². The molecule has 0 radical (unpaired) electrons. The maximum absolute atomic E-state index is 12.4. The second kappa shape index (κ2) is 8.89. The number of rotatable bonds is 7. The zero-order valence-corrected chi connectivity index (χ0v) is 17.3. The Morgan fingerprint density at radius 3 is 2.46 bits per heavy atom. The highest BCUT2D eigenvalue weighted by atomic mass is 32.1. The van der Waals surface area contributed by atoms with Crippen molar-refractivity contribution in [2.45, 2.75) is 33.4 Å². The summed E-state index contributed by atoms with van der Waals surface area (Å²) in [7, 11) is 1.61. The van der Waals surface area contributed by atoms with Crippen molar-refractivity contribution in [3.05, 3.63) is 64.7 Å². The Hall–Kier alpha value is -2.86. The lowest BCUT2D eigenvalue weighted by molar-refractivity contribution is -0.127. The van der Waals surface area contributed by atoms with E-state index in [0.717, 1.165) is 26.9 Å². The predicted octanol–water partition coefficient (Wildman–Crippen LogP) is 4.52. The van der Waals surface area contributed by atoms with Gasteiger partial charge < -0.3 is 14.8 Å². The highest BCUT2D eigenvalue weighted by Crippen LogP contribution is 2.30. The molecule has 0 fully saturated rings. The van der Waals surface area contributed by atoms with Crippen molar-refractivity contribution in [1.29, 1.82) is 0 Å². The number of carbonyl (C=O) groups is 1. The van der Waals surface area contributed by atoms with E-state index in [9.17, 15) is 4.79 Å². The molecule has 0 aliphatic heterocycles. The summed E-state index contributed by atoms with van der Waals surface area (Å²) in [5, 5.41) is 3.92. The average molecular weight is 397 g/mol. The molecule has 0 aliphatic carbocycles. The second-order valence-corrected chi connectivity index (χ2v) is 7.58. The molecular formula is C22H24N2O3S. The quantitative estimate of drug-likeness (QED) is 0.638. The van der Waals surface area contributed by atoms with Crippen LogP contribution in [0.2, 0.25) is 0 Å². The summed E-state index contributed by atoms with van der Waals surface area (Å²) in [6, 6.07) is 15.3. The van der Waals surface area contributed by atoms with Crippen LogP contribution in [0.1, 0.15) is 23.1 Å². The highest BCUT2D eigenvalue weighted by Gasteiger charge is 2.17. The Bertz CT molecular complexity index is 951. The second-order valence-electron chi connectivity index (χ2n) is 6.50. The van der Waals surface area contributed by atoms with Gasteiger partial charge in [0.05, 0.1) is 19.3 Å². The molecule has 1 N–H and O–H groups in total. The lowest BCUT2D eigenvalue weighted by Gasteiger charge is -2.14. The topological polar surface area (TPSA) is 60.5 Å². The fourth-order valence-electron chi connectivity index (χ4n) is 2.74. The van der Waals surface area contributed by atoms with E-state index in [1.54, 1.807) is 49.6 Å². The van der Waals surface area contributed by atoms with Crippen molar-refractivity contribution >= 4 is 17.2 Å². The lowest BCUT2D eigenvalue weighted by Crippen LogP contribution is -2.35. The molecule has 0 bridgehead atoms. The SMILES string of the molecule is COc1ccc(OC(C)C(=O)NCc2sc(-c3ccccc3C)nc2C)cc1. The molecule has 0 aliphatic rings. The first-order chi connectivity index (χ1) is 13.5. The Morgan fingerprint density at radius 1 is 1.11 bits per heavy atom. The minimum Gasteiger partial charge on any atom is -0.497 e. The number of methoxy groups -OCH3 is 1. The van der Waals surface area contributed by atoms with Crippen LogP contribution in [0.5, 0.6) is 11.5 Å². The average Bonchev–Trinajstić information content (AvgIpc) is 3.07.